The zero-order valence-corrected chi connectivity index (χ0v) is 13.9. The van der Waals surface area contributed by atoms with E-state index in [0.717, 1.165) is 33.9 Å². The van der Waals surface area contributed by atoms with Crippen molar-refractivity contribution in [2.45, 2.75) is 6.92 Å². The number of aryl methyl sites for hydroxylation is 1. The second-order valence-corrected chi connectivity index (χ2v) is 5.78. The van der Waals surface area contributed by atoms with E-state index in [1.165, 1.54) is 0 Å². The summed E-state index contributed by atoms with van der Waals surface area (Å²) >= 11 is 0. The lowest BCUT2D eigenvalue weighted by molar-refractivity contribution is 0.417. The molecule has 0 bridgehead atoms. The van der Waals surface area contributed by atoms with E-state index in [1.807, 2.05) is 65.9 Å². The van der Waals surface area contributed by atoms with E-state index in [4.69, 9.17) is 4.74 Å². The highest BCUT2D eigenvalue weighted by molar-refractivity contribution is 5.86. The van der Waals surface area contributed by atoms with E-state index >= 15 is 0 Å². The minimum atomic E-state index is 0.585. The van der Waals surface area contributed by atoms with Crippen molar-refractivity contribution < 1.29 is 4.74 Å². The number of anilines is 2. The van der Waals surface area contributed by atoms with Gasteiger partial charge in [-0.1, -0.05) is 24.3 Å². The third-order valence-corrected chi connectivity index (χ3v) is 4.25. The van der Waals surface area contributed by atoms with E-state index in [1.54, 1.807) is 7.11 Å². The number of aromatic nitrogens is 2. The predicted octanol–water partition coefficient (Wildman–Crippen LogP) is 4.42. The Morgan fingerprint density at radius 1 is 1.12 bits per heavy atom. The first kappa shape index (κ1) is 15.0. The summed E-state index contributed by atoms with van der Waals surface area (Å²) in [6.45, 7) is 1.92. The Bertz CT molecular complexity index is 1140. The number of ether oxygens (including phenoxy) is 1. The molecule has 5 heteroatoms. The van der Waals surface area contributed by atoms with Gasteiger partial charge in [0.1, 0.15) is 17.6 Å². The number of benzene rings is 2. The molecule has 0 fully saturated rings. The fourth-order valence-electron chi connectivity index (χ4n) is 3.07. The van der Waals surface area contributed by atoms with Crippen LogP contribution < -0.4 is 10.1 Å². The molecule has 0 saturated carbocycles. The van der Waals surface area contributed by atoms with Crippen LogP contribution in [0.2, 0.25) is 0 Å². The molecule has 25 heavy (non-hydrogen) atoms. The highest BCUT2D eigenvalue weighted by Gasteiger charge is 2.15. The summed E-state index contributed by atoms with van der Waals surface area (Å²) in [5, 5.41) is 13.0. The van der Waals surface area contributed by atoms with Gasteiger partial charge >= 0.3 is 0 Å². The fourth-order valence-corrected chi connectivity index (χ4v) is 3.07. The zero-order valence-electron chi connectivity index (χ0n) is 13.9. The number of rotatable bonds is 3. The molecule has 1 N–H and O–H groups in total. The second kappa shape index (κ2) is 5.84. The summed E-state index contributed by atoms with van der Waals surface area (Å²) in [4.78, 5) is 4.66. The van der Waals surface area contributed by atoms with Gasteiger partial charge in [-0.3, -0.25) is 4.40 Å². The topological polar surface area (TPSA) is 62.3 Å². The average molecular weight is 328 g/mol. The molecule has 0 spiro atoms. The van der Waals surface area contributed by atoms with Crippen molar-refractivity contribution in [2.75, 3.05) is 12.4 Å². The number of methoxy groups -OCH3 is 1. The van der Waals surface area contributed by atoms with Crippen LogP contribution in [0, 0.1) is 18.3 Å². The van der Waals surface area contributed by atoms with Crippen LogP contribution in [-0.4, -0.2) is 16.5 Å². The summed E-state index contributed by atoms with van der Waals surface area (Å²) in [5.74, 6) is 1.59. The number of fused-ring (bicyclic) bond motifs is 3. The Morgan fingerprint density at radius 2 is 1.88 bits per heavy atom. The zero-order chi connectivity index (χ0) is 17.4. The van der Waals surface area contributed by atoms with Gasteiger partial charge in [-0.15, -0.1) is 0 Å². The third-order valence-electron chi connectivity index (χ3n) is 4.25. The molecule has 2 heterocycles. The van der Waals surface area contributed by atoms with Gasteiger partial charge in [0.15, 0.2) is 5.65 Å². The molecule has 2 aromatic heterocycles. The Labute approximate surface area is 145 Å². The molecule has 0 atom stereocenters. The summed E-state index contributed by atoms with van der Waals surface area (Å²) in [6.07, 6.45) is 0. The first-order valence-electron chi connectivity index (χ1n) is 7.94. The molecular weight excluding hydrogens is 312 g/mol. The van der Waals surface area contributed by atoms with Crippen LogP contribution in [-0.2, 0) is 0 Å². The lowest BCUT2D eigenvalue weighted by Gasteiger charge is -2.14. The molecule has 5 nitrogen and oxygen atoms in total. The molecule has 0 radical (unpaired) electrons. The quantitative estimate of drug-likeness (QED) is 0.605. The van der Waals surface area contributed by atoms with Crippen LogP contribution in [0.4, 0.5) is 11.5 Å². The van der Waals surface area contributed by atoms with Crippen LogP contribution >= 0.6 is 0 Å². The number of nitrogens with zero attached hydrogens (tertiary/aromatic N) is 3. The lowest BCUT2D eigenvalue weighted by atomic mass is 10.1. The molecule has 0 saturated heterocycles. The smallest absolute Gasteiger partial charge is 0.157 e. The summed E-state index contributed by atoms with van der Waals surface area (Å²) < 4.78 is 7.41. The molecule has 0 aliphatic heterocycles. The Hall–Kier alpha value is -3.52. The summed E-state index contributed by atoms with van der Waals surface area (Å²) in [7, 11) is 1.65. The maximum atomic E-state index is 9.56. The first-order chi connectivity index (χ1) is 12.2. The van der Waals surface area contributed by atoms with E-state index in [-0.39, 0.29) is 0 Å². The minimum Gasteiger partial charge on any atom is -0.495 e. The normalized spacial score (nSPS) is 10.8. The first-order valence-corrected chi connectivity index (χ1v) is 7.94. The van der Waals surface area contributed by atoms with Crippen LogP contribution in [0.5, 0.6) is 5.75 Å². The molecule has 0 amide bonds. The number of hydrogen-bond donors (Lipinski definition) is 1. The fraction of sp³-hybridized carbons (Fsp3) is 0.100. The third kappa shape index (κ3) is 2.36. The number of nitrogens with one attached hydrogen (secondary N) is 1. The Morgan fingerprint density at radius 3 is 2.68 bits per heavy atom. The maximum Gasteiger partial charge on any atom is 0.157 e. The van der Waals surface area contributed by atoms with Gasteiger partial charge in [0.05, 0.1) is 29.4 Å². The van der Waals surface area contributed by atoms with E-state index in [0.29, 0.717) is 11.2 Å². The molecule has 2 aromatic carbocycles. The van der Waals surface area contributed by atoms with Crippen molar-refractivity contribution in [1.82, 2.24) is 9.38 Å². The molecule has 4 rings (SSSR count). The van der Waals surface area contributed by atoms with Gasteiger partial charge in [-0.2, -0.15) is 5.26 Å². The van der Waals surface area contributed by atoms with Gasteiger partial charge in [0.25, 0.3) is 0 Å². The second-order valence-electron chi connectivity index (χ2n) is 5.78. The van der Waals surface area contributed by atoms with Crippen LogP contribution in [0.15, 0.2) is 54.6 Å². The van der Waals surface area contributed by atoms with Gasteiger partial charge in [-0.25, -0.2) is 4.98 Å². The summed E-state index contributed by atoms with van der Waals surface area (Å²) in [5.41, 5.74) is 4.78. The average Bonchev–Trinajstić information content (AvgIpc) is 3.01. The lowest BCUT2D eigenvalue weighted by Crippen LogP contribution is -2.03. The van der Waals surface area contributed by atoms with Crippen LogP contribution in [0.1, 0.15) is 11.1 Å². The van der Waals surface area contributed by atoms with Crippen LogP contribution in [0.25, 0.3) is 16.7 Å². The predicted molar refractivity (Wildman–Crippen MR) is 98.4 cm³/mol. The number of imidazole rings is 1. The monoisotopic (exact) mass is 328 g/mol. The Balaban J connectivity index is 2.02. The SMILES string of the molecule is COc1ccccc1Nc1cc(C)c(C#N)c2nc3ccccc3n12. The molecule has 0 aliphatic rings. The summed E-state index contributed by atoms with van der Waals surface area (Å²) in [6, 6.07) is 19.8. The van der Waals surface area contributed by atoms with Crippen molar-refractivity contribution in [3.8, 4) is 11.8 Å². The molecular formula is C20H16N4O. The van der Waals surface area contributed by atoms with Gasteiger partial charge < -0.3 is 10.1 Å². The number of nitriles is 1. The Kier molecular flexibility index (Phi) is 3.51. The van der Waals surface area contributed by atoms with Gasteiger partial charge in [0.2, 0.25) is 0 Å². The van der Waals surface area contributed by atoms with Crippen molar-refractivity contribution >= 4 is 28.2 Å². The number of pyridine rings is 1. The molecule has 122 valence electrons. The van der Waals surface area contributed by atoms with E-state index in [9.17, 15) is 5.26 Å². The van der Waals surface area contributed by atoms with Crippen LogP contribution in [0.3, 0.4) is 0 Å². The van der Waals surface area contributed by atoms with E-state index in [2.05, 4.69) is 16.4 Å². The standard InChI is InChI=1S/C20H16N4O/c1-13-11-19(22-16-8-4-6-10-18(16)25-2)24-17-9-5-3-7-15(17)23-20(24)14(13)12-21/h3-11,22H,1-2H3. The molecule has 0 aliphatic carbocycles. The molecule has 4 aromatic rings. The van der Waals surface area contributed by atoms with Gasteiger partial charge in [0, 0.05) is 0 Å². The largest absolute Gasteiger partial charge is 0.495 e. The van der Waals surface area contributed by atoms with Crippen molar-refractivity contribution in [1.29, 1.82) is 5.26 Å². The molecule has 0 unspecified atom stereocenters. The van der Waals surface area contributed by atoms with E-state index < -0.39 is 0 Å². The van der Waals surface area contributed by atoms with Gasteiger partial charge in [-0.05, 0) is 42.8 Å². The van der Waals surface area contributed by atoms with Crippen molar-refractivity contribution in [2.24, 2.45) is 0 Å². The maximum absolute atomic E-state index is 9.56. The number of para-hydroxylation sites is 4. The minimum absolute atomic E-state index is 0.585. The van der Waals surface area contributed by atoms with Crippen molar-refractivity contribution in [3.05, 3.63) is 65.7 Å². The number of hydrogen-bond acceptors (Lipinski definition) is 4. The highest BCUT2D eigenvalue weighted by Crippen LogP contribution is 2.31. The highest BCUT2D eigenvalue weighted by atomic mass is 16.5. The van der Waals surface area contributed by atoms with Crippen molar-refractivity contribution in [3.63, 3.8) is 0 Å².